The number of carbonyl (C=O) groups is 2. The van der Waals surface area contributed by atoms with Gasteiger partial charge in [0.15, 0.2) is 6.10 Å². The van der Waals surface area contributed by atoms with Crippen LogP contribution in [0.3, 0.4) is 0 Å². The second-order valence-corrected chi connectivity index (χ2v) is 5.11. The first kappa shape index (κ1) is 16.8. The number of benzene rings is 2. The van der Waals surface area contributed by atoms with Gasteiger partial charge in [-0.2, -0.15) is 0 Å². The summed E-state index contributed by atoms with van der Waals surface area (Å²) in [6.07, 6.45) is -1.19. The van der Waals surface area contributed by atoms with Crippen molar-refractivity contribution in [3.05, 3.63) is 58.9 Å². The summed E-state index contributed by atoms with van der Waals surface area (Å²) in [6.45, 7) is 1.33. The predicted octanol–water partition coefficient (Wildman–Crippen LogP) is 3.37. The lowest BCUT2D eigenvalue weighted by Gasteiger charge is -2.14. The van der Waals surface area contributed by atoms with Crippen LogP contribution in [0.15, 0.2) is 42.5 Å². The molecule has 0 fully saturated rings. The molecule has 5 nitrogen and oxygen atoms in total. The number of hydrogen-bond donors (Lipinski definition) is 2. The van der Waals surface area contributed by atoms with Crippen molar-refractivity contribution in [2.45, 2.75) is 13.0 Å². The third-order valence-corrected chi connectivity index (χ3v) is 3.20. The average Bonchev–Trinajstić information content (AvgIpc) is 2.51. The second kappa shape index (κ2) is 7.11. The van der Waals surface area contributed by atoms with Crippen LogP contribution in [0, 0.1) is 5.82 Å². The molecule has 120 valence electrons. The largest absolute Gasteiger partial charge is 0.507 e. The van der Waals surface area contributed by atoms with Crippen LogP contribution in [-0.4, -0.2) is 23.1 Å². The molecule has 2 rings (SSSR count). The van der Waals surface area contributed by atoms with E-state index in [0.29, 0.717) is 0 Å². The molecular weight excluding hydrogens is 325 g/mol. The van der Waals surface area contributed by atoms with Crippen LogP contribution >= 0.6 is 11.6 Å². The van der Waals surface area contributed by atoms with Crippen molar-refractivity contribution in [1.82, 2.24) is 0 Å². The van der Waals surface area contributed by atoms with E-state index in [9.17, 15) is 19.1 Å². The van der Waals surface area contributed by atoms with E-state index in [0.717, 1.165) is 0 Å². The Hall–Kier alpha value is -2.60. The van der Waals surface area contributed by atoms with Crippen LogP contribution in [0.4, 0.5) is 10.1 Å². The van der Waals surface area contributed by atoms with E-state index in [1.807, 2.05) is 0 Å². The number of aromatic hydroxyl groups is 1. The van der Waals surface area contributed by atoms with Gasteiger partial charge in [0.05, 0.1) is 5.69 Å². The van der Waals surface area contributed by atoms with Crippen LogP contribution < -0.4 is 5.32 Å². The summed E-state index contributed by atoms with van der Waals surface area (Å²) < 4.78 is 18.4. The van der Waals surface area contributed by atoms with Gasteiger partial charge in [-0.05, 0) is 37.3 Å². The van der Waals surface area contributed by atoms with Gasteiger partial charge < -0.3 is 15.2 Å². The highest BCUT2D eigenvalue weighted by Gasteiger charge is 2.22. The molecule has 0 aromatic heterocycles. The number of halogens is 2. The third-order valence-electron chi connectivity index (χ3n) is 2.96. The minimum absolute atomic E-state index is 0.0222. The number of hydrogen-bond acceptors (Lipinski definition) is 4. The van der Waals surface area contributed by atoms with Crippen molar-refractivity contribution in [3.8, 4) is 5.75 Å². The van der Waals surface area contributed by atoms with E-state index >= 15 is 0 Å². The summed E-state index contributed by atoms with van der Waals surface area (Å²) in [5.41, 5.74) is -0.186. The summed E-state index contributed by atoms with van der Waals surface area (Å²) in [5, 5.41) is 12.2. The molecule has 1 atom stereocenters. The Bertz CT molecular complexity index is 751. The van der Waals surface area contributed by atoms with Crippen LogP contribution in [0.2, 0.25) is 5.02 Å². The van der Waals surface area contributed by atoms with Crippen molar-refractivity contribution in [2.24, 2.45) is 0 Å². The minimum atomic E-state index is -1.19. The predicted molar refractivity (Wildman–Crippen MR) is 83.0 cm³/mol. The number of esters is 1. The van der Waals surface area contributed by atoms with Gasteiger partial charge in [-0.1, -0.05) is 23.7 Å². The van der Waals surface area contributed by atoms with Gasteiger partial charge >= 0.3 is 5.97 Å². The summed E-state index contributed by atoms with van der Waals surface area (Å²) in [4.78, 5) is 23.9. The van der Waals surface area contributed by atoms with Crippen molar-refractivity contribution < 1.29 is 23.8 Å². The number of phenols is 1. The molecule has 1 amide bonds. The van der Waals surface area contributed by atoms with E-state index in [1.165, 1.54) is 43.3 Å². The van der Waals surface area contributed by atoms with E-state index < -0.39 is 23.8 Å². The fourth-order valence-electron chi connectivity index (χ4n) is 1.75. The number of ether oxygens (including phenoxy) is 1. The Balaban J connectivity index is 2.05. The quantitative estimate of drug-likeness (QED) is 0.839. The molecule has 0 aliphatic carbocycles. The van der Waals surface area contributed by atoms with Crippen molar-refractivity contribution in [3.63, 3.8) is 0 Å². The number of amides is 1. The maximum atomic E-state index is 13.5. The number of phenolic OH excluding ortho intramolecular Hbond substituents is 1. The molecule has 1 unspecified atom stereocenters. The second-order valence-electron chi connectivity index (χ2n) is 4.68. The third kappa shape index (κ3) is 4.20. The Morgan fingerprint density at radius 2 is 1.96 bits per heavy atom. The van der Waals surface area contributed by atoms with E-state index in [4.69, 9.17) is 16.3 Å². The Morgan fingerprint density at radius 3 is 2.65 bits per heavy atom. The molecule has 0 spiro atoms. The summed E-state index contributed by atoms with van der Waals surface area (Å²) >= 11 is 5.74. The monoisotopic (exact) mass is 337 g/mol. The van der Waals surface area contributed by atoms with Gasteiger partial charge in [0.1, 0.15) is 17.1 Å². The van der Waals surface area contributed by atoms with Gasteiger partial charge in [-0.15, -0.1) is 0 Å². The smallest absolute Gasteiger partial charge is 0.342 e. The zero-order chi connectivity index (χ0) is 17.0. The molecule has 0 saturated heterocycles. The summed E-state index contributed by atoms with van der Waals surface area (Å²) in [7, 11) is 0. The number of para-hydroxylation sites is 1. The van der Waals surface area contributed by atoms with Crippen molar-refractivity contribution >= 4 is 29.2 Å². The fourth-order valence-corrected chi connectivity index (χ4v) is 1.92. The van der Waals surface area contributed by atoms with Crippen LogP contribution in [0.1, 0.15) is 17.3 Å². The van der Waals surface area contributed by atoms with Crippen molar-refractivity contribution in [2.75, 3.05) is 5.32 Å². The summed E-state index contributed by atoms with van der Waals surface area (Å²) in [5.74, 6) is -2.54. The zero-order valence-electron chi connectivity index (χ0n) is 12.0. The van der Waals surface area contributed by atoms with Gasteiger partial charge in [0, 0.05) is 5.02 Å². The van der Waals surface area contributed by atoms with Gasteiger partial charge in [0.2, 0.25) is 0 Å². The molecule has 0 radical (unpaired) electrons. The first-order chi connectivity index (χ1) is 10.9. The van der Waals surface area contributed by atoms with Gasteiger partial charge in [-0.3, -0.25) is 4.79 Å². The first-order valence-electron chi connectivity index (χ1n) is 6.63. The van der Waals surface area contributed by atoms with Gasteiger partial charge in [0.25, 0.3) is 5.91 Å². The molecule has 7 heteroatoms. The molecule has 0 aliphatic rings. The summed E-state index contributed by atoms with van der Waals surface area (Å²) in [6, 6.07) is 9.47. The maximum Gasteiger partial charge on any atom is 0.342 e. The average molecular weight is 338 g/mol. The minimum Gasteiger partial charge on any atom is -0.507 e. The molecule has 2 aromatic carbocycles. The Morgan fingerprint density at radius 1 is 1.26 bits per heavy atom. The molecule has 0 bridgehead atoms. The van der Waals surface area contributed by atoms with Gasteiger partial charge in [-0.25, -0.2) is 9.18 Å². The topological polar surface area (TPSA) is 75.6 Å². The molecule has 0 saturated carbocycles. The molecule has 2 aromatic rings. The first-order valence-corrected chi connectivity index (χ1v) is 7.01. The highest BCUT2D eigenvalue weighted by Crippen LogP contribution is 2.23. The van der Waals surface area contributed by atoms with Crippen LogP contribution in [-0.2, 0) is 9.53 Å². The number of carbonyl (C=O) groups excluding carboxylic acids is 2. The Labute approximate surface area is 136 Å². The van der Waals surface area contributed by atoms with Crippen molar-refractivity contribution in [1.29, 1.82) is 0 Å². The Kier molecular flexibility index (Phi) is 5.18. The normalized spacial score (nSPS) is 11.6. The van der Waals surface area contributed by atoms with Crippen LogP contribution in [0.25, 0.3) is 0 Å². The standard InChI is InChI=1S/C16H13ClFNO4/c1-9(15(21)19-13-5-3-2-4-12(13)18)23-16(22)11-8-10(17)6-7-14(11)20/h2-9,20H,1H3,(H,19,21). The zero-order valence-corrected chi connectivity index (χ0v) is 12.8. The lowest BCUT2D eigenvalue weighted by atomic mass is 10.2. The molecule has 0 heterocycles. The number of anilines is 1. The molecule has 2 N–H and O–H groups in total. The lowest BCUT2D eigenvalue weighted by molar-refractivity contribution is -0.123. The highest BCUT2D eigenvalue weighted by atomic mass is 35.5. The van der Waals surface area contributed by atoms with E-state index in [2.05, 4.69) is 5.32 Å². The van der Waals surface area contributed by atoms with Crippen LogP contribution in [0.5, 0.6) is 5.75 Å². The highest BCUT2D eigenvalue weighted by molar-refractivity contribution is 6.31. The molecular formula is C16H13ClFNO4. The number of nitrogens with one attached hydrogen (secondary N) is 1. The SMILES string of the molecule is CC(OC(=O)c1cc(Cl)ccc1O)C(=O)Nc1ccccc1F. The number of rotatable bonds is 4. The fraction of sp³-hybridized carbons (Fsp3) is 0.125. The molecule has 0 aliphatic heterocycles. The lowest BCUT2D eigenvalue weighted by Crippen LogP contribution is -2.30. The molecule has 23 heavy (non-hydrogen) atoms. The maximum absolute atomic E-state index is 13.5. The van der Waals surface area contributed by atoms with E-state index in [1.54, 1.807) is 6.07 Å². The van der Waals surface area contributed by atoms with E-state index in [-0.39, 0.29) is 22.0 Å².